The molecule has 1 aromatic rings. The molecule has 1 aliphatic heterocycles. The number of piperidine rings is 1. The number of nitrogens with zero attached hydrogens (tertiary/aromatic N) is 2. The molecule has 4 heteroatoms. The minimum Gasteiger partial charge on any atom is -0.394 e. The number of pyridine rings is 1. The van der Waals surface area contributed by atoms with Crippen LogP contribution in [0.3, 0.4) is 0 Å². The first-order valence-corrected chi connectivity index (χ1v) is 5.87. The average molecular weight is 221 g/mol. The summed E-state index contributed by atoms with van der Waals surface area (Å²) in [6.45, 7) is 1.72. The second kappa shape index (κ2) is 5.27. The largest absolute Gasteiger partial charge is 0.394 e. The summed E-state index contributed by atoms with van der Waals surface area (Å²) >= 11 is 0. The van der Waals surface area contributed by atoms with Crippen molar-refractivity contribution in [3.05, 3.63) is 23.9 Å². The summed E-state index contributed by atoms with van der Waals surface area (Å²) in [6, 6.07) is 4.23. The molecular weight excluding hydrogens is 202 g/mol. The number of nitrogens with two attached hydrogens (primary N) is 1. The lowest BCUT2D eigenvalue weighted by Crippen LogP contribution is -2.42. The van der Waals surface area contributed by atoms with Gasteiger partial charge in [-0.25, -0.2) is 4.98 Å². The van der Waals surface area contributed by atoms with Crippen LogP contribution in [-0.2, 0) is 6.54 Å². The van der Waals surface area contributed by atoms with Crippen molar-refractivity contribution in [1.29, 1.82) is 0 Å². The fourth-order valence-corrected chi connectivity index (χ4v) is 2.20. The molecule has 0 bridgehead atoms. The Labute approximate surface area is 96.1 Å². The first-order valence-electron chi connectivity index (χ1n) is 5.87. The summed E-state index contributed by atoms with van der Waals surface area (Å²) in [5.41, 5.74) is 6.58. The van der Waals surface area contributed by atoms with E-state index >= 15 is 0 Å². The summed E-state index contributed by atoms with van der Waals surface area (Å²) in [4.78, 5) is 6.60. The van der Waals surface area contributed by atoms with Crippen LogP contribution in [0.4, 0.5) is 5.82 Å². The standard InChI is InChI=1S/C12H19N3O/c13-7-10-4-5-12(14-8-10)15-6-2-1-3-11(15)9-16/h4-5,8,11,16H,1-3,6-7,9,13H2. The molecule has 1 fully saturated rings. The monoisotopic (exact) mass is 221 g/mol. The molecule has 88 valence electrons. The van der Waals surface area contributed by atoms with Gasteiger partial charge in [-0.15, -0.1) is 0 Å². The summed E-state index contributed by atoms with van der Waals surface area (Å²) < 4.78 is 0. The third kappa shape index (κ3) is 2.33. The van der Waals surface area contributed by atoms with Gasteiger partial charge in [-0.1, -0.05) is 6.07 Å². The summed E-state index contributed by atoms with van der Waals surface area (Å²) in [7, 11) is 0. The first-order chi connectivity index (χ1) is 7.85. The highest BCUT2D eigenvalue weighted by Crippen LogP contribution is 2.22. The van der Waals surface area contributed by atoms with E-state index in [9.17, 15) is 5.11 Å². The van der Waals surface area contributed by atoms with Crippen molar-refractivity contribution in [2.75, 3.05) is 18.1 Å². The number of aliphatic hydroxyl groups is 1. The molecule has 3 N–H and O–H groups in total. The molecule has 4 nitrogen and oxygen atoms in total. The van der Waals surface area contributed by atoms with Gasteiger partial charge in [-0.05, 0) is 30.9 Å². The van der Waals surface area contributed by atoms with E-state index in [1.807, 2.05) is 18.3 Å². The summed E-state index contributed by atoms with van der Waals surface area (Å²) in [6.07, 6.45) is 5.24. The van der Waals surface area contributed by atoms with Gasteiger partial charge in [-0.2, -0.15) is 0 Å². The molecule has 1 saturated heterocycles. The van der Waals surface area contributed by atoms with Gasteiger partial charge in [0, 0.05) is 19.3 Å². The lowest BCUT2D eigenvalue weighted by atomic mass is 10.0. The number of aromatic nitrogens is 1. The van der Waals surface area contributed by atoms with E-state index in [0.717, 1.165) is 24.3 Å². The van der Waals surface area contributed by atoms with E-state index in [1.165, 1.54) is 12.8 Å². The van der Waals surface area contributed by atoms with Gasteiger partial charge >= 0.3 is 0 Å². The molecule has 1 aromatic heterocycles. The quantitative estimate of drug-likeness (QED) is 0.795. The fourth-order valence-electron chi connectivity index (χ4n) is 2.20. The molecule has 2 rings (SSSR count). The minimum absolute atomic E-state index is 0.209. The first kappa shape index (κ1) is 11.4. The predicted octanol–water partition coefficient (Wildman–Crippen LogP) is 0.891. The number of hydrogen-bond acceptors (Lipinski definition) is 4. The molecule has 0 saturated carbocycles. The van der Waals surface area contributed by atoms with Crippen molar-refractivity contribution in [1.82, 2.24) is 4.98 Å². The summed E-state index contributed by atoms with van der Waals surface area (Å²) in [5.74, 6) is 0.955. The van der Waals surface area contributed by atoms with Crippen LogP contribution in [0.2, 0.25) is 0 Å². The van der Waals surface area contributed by atoms with E-state index in [1.54, 1.807) is 0 Å². The van der Waals surface area contributed by atoms with Crippen LogP contribution in [0.5, 0.6) is 0 Å². The smallest absolute Gasteiger partial charge is 0.128 e. The zero-order valence-corrected chi connectivity index (χ0v) is 9.47. The Bertz CT molecular complexity index is 326. The van der Waals surface area contributed by atoms with Crippen LogP contribution in [0, 0.1) is 0 Å². The third-order valence-corrected chi connectivity index (χ3v) is 3.18. The van der Waals surface area contributed by atoms with Gasteiger partial charge < -0.3 is 15.7 Å². The van der Waals surface area contributed by atoms with E-state index < -0.39 is 0 Å². The van der Waals surface area contributed by atoms with E-state index in [-0.39, 0.29) is 12.6 Å². The Morgan fingerprint density at radius 1 is 1.44 bits per heavy atom. The van der Waals surface area contributed by atoms with Crippen molar-refractivity contribution >= 4 is 5.82 Å². The third-order valence-electron chi connectivity index (χ3n) is 3.18. The average Bonchev–Trinajstić information content (AvgIpc) is 2.39. The Morgan fingerprint density at radius 3 is 2.94 bits per heavy atom. The van der Waals surface area contributed by atoms with E-state index in [4.69, 9.17) is 5.73 Å². The van der Waals surface area contributed by atoms with Crippen LogP contribution in [-0.4, -0.2) is 29.3 Å². The van der Waals surface area contributed by atoms with Gasteiger partial charge in [0.1, 0.15) is 5.82 Å². The van der Waals surface area contributed by atoms with Crippen LogP contribution in [0.1, 0.15) is 24.8 Å². The normalized spacial score (nSPS) is 21.1. The Morgan fingerprint density at radius 2 is 2.31 bits per heavy atom. The molecule has 1 unspecified atom stereocenters. The predicted molar refractivity (Wildman–Crippen MR) is 64.2 cm³/mol. The number of rotatable bonds is 3. The molecule has 0 radical (unpaired) electrons. The molecule has 0 aliphatic carbocycles. The van der Waals surface area contributed by atoms with Gasteiger partial charge in [-0.3, -0.25) is 0 Å². The van der Waals surface area contributed by atoms with Crippen LogP contribution in [0.25, 0.3) is 0 Å². The summed E-state index contributed by atoms with van der Waals surface area (Å²) in [5, 5.41) is 9.33. The second-order valence-corrected chi connectivity index (χ2v) is 4.25. The topological polar surface area (TPSA) is 62.4 Å². The maximum atomic E-state index is 9.33. The lowest BCUT2D eigenvalue weighted by molar-refractivity contribution is 0.239. The minimum atomic E-state index is 0.209. The highest BCUT2D eigenvalue weighted by atomic mass is 16.3. The SMILES string of the molecule is NCc1ccc(N2CCCCC2CO)nc1. The van der Waals surface area contributed by atoms with Crippen molar-refractivity contribution < 1.29 is 5.11 Å². The maximum absolute atomic E-state index is 9.33. The number of aliphatic hydroxyl groups excluding tert-OH is 1. The zero-order chi connectivity index (χ0) is 11.4. The Hall–Kier alpha value is -1.13. The Kier molecular flexibility index (Phi) is 3.74. The van der Waals surface area contributed by atoms with E-state index in [0.29, 0.717) is 6.54 Å². The van der Waals surface area contributed by atoms with Gasteiger partial charge in [0.15, 0.2) is 0 Å². The van der Waals surface area contributed by atoms with Gasteiger partial charge in [0.2, 0.25) is 0 Å². The van der Waals surface area contributed by atoms with Crippen molar-refractivity contribution in [3.8, 4) is 0 Å². The molecule has 0 spiro atoms. The van der Waals surface area contributed by atoms with Crippen molar-refractivity contribution in [3.63, 3.8) is 0 Å². The van der Waals surface area contributed by atoms with Crippen LogP contribution < -0.4 is 10.6 Å². The second-order valence-electron chi connectivity index (χ2n) is 4.25. The Balaban J connectivity index is 2.14. The molecule has 16 heavy (non-hydrogen) atoms. The van der Waals surface area contributed by atoms with Crippen molar-refractivity contribution in [2.24, 2.45) is 5.73 Å². The number of anilines is 1. The fraction of sp³-hybridized carbons (Fsp3) is 0.583. The number of hydrogen-bond donors (Lipinski definition) is 2. The van der Waals surface area contributed by atoms with Crippen LogP contribution >= 0.6 is 0 Å². The molecule has 1 aliphatic rings. The highest BCUT2D eigenvalue weighted by Gasteiger charge is 2.22. The van der Waals surface area contributed by atoms with Gasteiger partial charge in [0.05, 0.1) is 12.6 Å². The van der Waals surface area contributed by atoms with Crippen LogP contribution in [0.15, 0.2) is 18.3 Å². The molecule has 0 amide bonds. The molecule has 1 atom stereocenters. The maximum Gasteiger partial charge on any atom is 0.128 e. The molecule has 0 aromatic carbocycles. The molecular formula is C12H19N3O. The lowest BCUT2D eigenvalue weighted by Gasteiger charge is -2.35. The highest BCUT2D eigenvalue weighted by molar-refractivity contribution is 5.41. The zero-order valence-electron chi connectivity index (χ0n) is 9.47. The molecule has 2 heterocycles. The van der Waals surface area contributed by atoms with Crippen molar-refractivity contribution in [2.45, 2.75) is 31.8 Å². The van der Waals surface area contributed by atoms with E-state index in [2.05, 4.69) is 9.88 Å². The van der Waals surface area contributed by atoms with Gasteiger partial charge in [0.25, 0.3) is 0 Å².